The van der Waals surface area contributed by atoms with Crippen molar-refractivity contribution in [3.8, 4) is 5.75 Å². The van der Waals surface area contributed by atoms with E-state index in [0.717, 1.165) is 12.2 Å². The van der Waals surface area contributed by atoms with E-state index in [4.69, 9.17) is 9.15 Å². The molecule has 1 aromatic carbocycles. The summed E-state index contributed by atoms with van der Waals surface area (Å²) >= 11 is 0. The fourth-order valence-corrected chi connectivity index (χ4v) is 1.83. The molecular weight excluding hydrogens is 247 g/mol. The summed E-state index contributed by atoms with van der Waals surface area (Å²) in [5.74, 6) is 0.403. The molecule has 0 saturated carbocycles. The van der Waals surface area contributed by atoms with Crippen LogP contribution in [-0.2, 0) is 12.8 Å². The van der Waals surface area contributed by atoms with Gasteiger partial charge >= 0.3 is 0 Å². The molecule has 2 aromatic rings. The van der Waals surface area contributed by atoms with Crippen molar-refractivity contribution in [1.29, 1.82) is 0 Å². The Bertz CT molecular complexity index is 587. The van der Waals surface area contributed by atoms with E-state index >= 15 is 0 Å². The molecule has 0 saturated heterocycles. The van der Waals surface area contributed by atoms with Crippen LogP contribution >= 0.6 is 0 Å². The number of ketones is 1. The monoisotopic (exact) mass is 262 g/mol. The summed E-state index contributed by atoms with van der Waals surface area (Å²) in [6.45, 7) is 1.94. The quantitative estimate of drug-likeness (QED) is 0.775. The lowest BCUT2D eigenvalue weighted by molar-refractivity contribution is 0.0963. The lowest BCUT2D eigenvalue weighted by Gasteiger charge is -2.05. The molecule has 0 bridgehead atoms. The van der Waals surface area contributed by atoms with Crippen LogP contribution in [0.1, 0.15) is 28.8 Å². The first kappa shape index (κ1) is 13.3. The molecule has 4 heteroatoms. The van der Waals surface area contributed by atoms with Crippen LogP contribution in [0.4, 0.5) is 4.39 Å². The maximum Gasteiger partial charge on any atom is 0.202 e. The number of halogens is 1. The number of furan rings is 1. The summed E-state index contributed by atoms with van der Waals surface area (Å²) in [5, 5.41) is 0. The van der Waals surface area contributed by atoms with E-state index in [1.807, 2.05) is 6.92 Å². The van der Waals surface area contributed by atoms with E-state index in [1.54, 1.807) is 24.3 Å². The number of methoxy groups -OCH3 is 1. The average molecular weight is 262 g/mol. The molecule has 0 unspecified atom stereocenters. The molecular formula is C15H15FO3. The average Bonchev–Trinajstić information content (AvgIpc) is 2.90. The number of carbonyl (C=O) groups excluding carboxylic acids is 1. The Kier molecular flexibility index (Phi) is 4.00. The zero-order chi connectivity index (χ0) is 13.8. The summed E-state index contributed by atoms with van der Waals surface area (Å²) in [5.41, 5.74) is 0.304. The largest absolute Gasteiger partial charge is 0.494 e. The fourth-order valence-electron chi connectivity index (χ4n) is 1.83. The highest BCUT2D eigenvalue weighted by molar-refractivity contribution is 5.95. The number of Topliss-reactive ketones (excluding diaryl/α,β-unsaturated/α-hetero) is 1. The third-order valence-corrected chi connectivity index (χ3v) is 2.90. The smallest absolute Gasteiger partial charge is 0.202 e. The zero-order valence-electron chi connectivity index (χ0n) is 10.9. The number of hydrogen-bond donors (Lipinski definition) is 0. The molecule has 0 amide bonds. The summed E-state index contributed by atoms with van der Waals surface area (Å²) in [7, 11) is 1.39. The number of aryl methyl sites for hydroxylation is 1. The van der Waals surface area contributed by atoms with E-state index in [1.165, 1.54) is 13.2 Å². The van der Waals surface area contributed by atoms with Gasteiger partial charge in [0.15, 0.2) is 17.3 Å². The van der Waals surface area contributed by atoms with Crippen LogP contribution in [0.3, 0.4) is 0 Å². The number of ether oxygens (including phenoxy) is 1. The van der Waals surface area contributed by atoms with Gasteiger partial charge in [-0.25, -0.2) is 4.39 Å². The second kappa shape index (κ2) is 5.69. The number of carbonyl (C=O) groups is 1. The predicted molar refractivity (Wildman–Crippen MR) is 69.1 cm³/mol. The Hall–Kier alpha value is -2.10. The van der Waals surface area contributed by atoms with Crippen molar-refractivity contribution in [3.63, 3.8) is 0 Å². The van der Waals surface area contributed by atoms with Gasteiger partial charge < -0.3 is 9.15 Å². The van der Waals surface area contributed by atoms with Crippen molar-refractivity contribution in [2.45, 2.75) is 19.8 Å². The molecule has 1 aromatic heterocycles. The van der Waals surface area contributed by atoms with Crippen molar-refractivity contribution in [1.82, 2.24) is 0 Å². The Morgan fingerprint density at radius 1 is 1.32 bits per heavy atom. The Balaban J connectivity index is 2.19. The first-order valence-corrected chi connectivity index (χ1v) is 6.09. The van der Waals surface area contributed by atoms with Crippen LogP contribution in [-0.4, -0.2) is 12.9 Å². The Morgan fingerprint density at radius 2 is 2.11 bits per heavy atom. The van der Waals surface area contributed by atoms with Crippen molar-refractivity contribution < 1.29 is 18.3 Å². The van der Waals surface area contributed by atoms with E-state index in [-0.39, 0.29) is 23.7 Å². The molecule has 0 atom stereocenters. The normalized spacial score (nSPS) is 10.5. The van der Waals surface area contributed by atoms with Crippen LogP contribution in [0.2, 0.25) is 0 Å². The third kappa shape index (κ3) is 2.84. The first-order valence-electron chi connectivity index (χ1n) is 6.09. The minimum absolute atomic E-state index is 0.0420. The summed E-state index contributed by atoms with van der Waals surface area (Å²) in [6, 6.07) is 8.13. The molecule has 0 aliphatic carbocycles. The molecule has 0 aliphatic rings. The molecule has 0 aliphatic heterocycles. The van der Waals surface area contributed by atoms with Gasteiger partial charge in [-0.05, 0) is 23.8 Å². The van der Waals surface area contributed by atoms with Crippen molar-refractivity contribution in [2.75, 3.05) is 7.11 Å². The van der Waals surface area contributed by atoms with E-state index in [2.05, 4.69) is 0 Å². The van der Waals surface area contributed by atoms with Crippen molar-refractivity contribution in [3.05, 3.63) is 53.2 Å². The summed E-state index contributed by atoms with van der Waals surface area (Å²) in [4.78, 5) is 12.0. The van der Waals surface area contributed by atoms with E-state index in [9.17, 15) is 9.18 Å². The van der Waals surface area contributed by atoms with E-state index in [0.29, 0.717) is 5.56 Å². The fraction of sp³-hybridized carbons (Fsp3) is 0.267. The predicted octanol–water partition coefficient (Wildman–Crippen LogP) is 3.42. The van der Waals surface area contributed by atoms with E-state index < -0.39 is 5.82 Å². The second-order valence-electron chi connectivity index (χ2n) is 4.15. The van der Waals surface area contributed by atoms with Crippen molar-refractivity contribution >= 4 is 5.78 Å². The van der Waals surface area contributed by atoms with Crippen LogP contribution in [0, 0.1) is 5.82 Å². The molecule has 0 spiro atoms. The van der Waals surface area contributed by atoms with Gasteiger partial charge in [0.2, 0.25) is 5.78 Å². The van der Waals surface area contributed by atoms with Crippen LogP contribution < -0.4 is 4.74 Å². The Labute approximate surface area is 111 Å². The van der Waals surface area contributed by atoms with Crippen LogP contribution in [0.25, 0.3) is 0 Å². The van der Waals surface area contributed by atoms with Gasteiger partial charge in [-0.15, -0.1) is 0 Å². The van der Waals surface area contributed by atoms with Gasteiger partial charge in [-0.1, -0.05) is 19.1 Å². The minimum atomic E-state index is -0.499. The summed E-state index contributed by atoms with van der Waals surface area (Å²) in [6.07, 6.45) is 0.681. The zero-order valence-corrected chi connectivity index (χ0v) is 10.9. The Morgan fingerprint density at radius 3 is 2.74 bits per heavy atom. The molecule has 2 rings (SSSR count). The van der Waals surface area contributed by atoms with Gasteiger partial charge in [0, 0.05) is 12.8 Å². The lowest BCUT2D eigenvalue weighted by Crippen LogP contribution is -2.05. The van der Waals surface area contributed by atoms with Crippen molar-refractivity contribution in [2.24, 2.45) is 0 Å². The standard InChI is InChI=1S/C15H15FO3/c1-3-11-7-8-13(19-11)12(17)9-10-5-4-6-14(18-2)15(10)16/h4-8H,3,9H2,1-2H3. The molecule has 0 radical (unpaired) electrons. The topological polar surface area (TPSA) is 39.4 Å². The number of hydrogen-bond acceptors (Lipinski definition) is 3. The molecule has 3 nitrogen and oxygen atoms in total. The number of benzene rings is 1. The summed E-state index contributed by atoms with van der Waals surface area (Å²) < 4.78 is 24.2. The third-order valence-electron chi connectivity index (χ3n) is 2.90. The van der Waals surface area contributed by atoms with Crippen LogP contribution in [0.15, 0.2) is 34.7 Å². The highest BCUT2D eigenvalue weighted by atomic mass is 19.1. The van der Waals surface area contributed by atoms with Gasteiger partial charge in [-0.2, -0.15) is 0 Å². The van der Waals surface area contributed by atoms with Gasteiger partial charge in [-0.3, -0.25) is 4.79 Å². The SMILES string of the molecule is CCc1ccc(C(=O)Cc2cccc(OC)c2F)o1. The lowest BCUT2D eigenvalue weighted by atomic mass is 10.1. The first-order chi connectivity index (χ1) is 9.15. The second-order valence-corrected chi connectivity index (χ2v) is 4.15. The molecule has 100 valence electrons. The minimum Gasteiger partial charge on any atom is -0.494 e. The maximum absolute atomic E-state index is 13.9. The highest BCUT2D eigenvalue weighted by Gasteiger charge is 2.16. The molecule has 1 heterocycles. The highest BCUT2D eigenvalue weighted by Crippen LogP contribution is 2.21. The van der Waals surface area contributed by atoms with Crippen LogP contribution in [0.5, 0.6) is 5.75 Å². The molecule has 19 heavy (non-hydrogen) atoms. The van der Waals surface area contributed by atoms with Gasteiger partial charge in [0.05, 0.1) is 7.11 Å². The van der Waals surface area contributed by atoms with Gasteiger partial charge in [0.25, 0.3) is 0 Å². The maximum atomic E-state index is 13.9. The molecule has 0 fully saturated rings. The van der Waals surface area contributed by atoms with Gasteiger partial charge in [0.1, 0.15) is 5.76 Å². The number of rotatable bonds is 5. The molecule has 0 N–H and O–H groups in total.